The van der Waals surface area contributed by atoms with Gasteiger partial charge in [-0.15, -0.1) is 0 Å². The fourth-order valence-corrected chi connectivity index (χ4v) is 2.18. The molecule has 4 nitrogen and oxygen atoms in total. The van der Waals surface area contributed by atoms with Gasteiger partial charge in [-0.3, -0.25) is 9.48 Å². The third kappa shape index (κ3) is 3.20. The number of Topliss-reactive ketones (excluding diaryl/α,β-unsaturated/α-hetero) is 1. The van der Waals surface area contributed by atoms with Crippen LogP contribution in [-0.2, 0) is 13.0 Å². The monoisotopic (exact) mass is 292 g/mol. The van der Waals surface area contributed by atoms with Gasteiger partial charge in [-0.25, -0.2) is 0 Å². The Morgan fingerprint density at radius 2 is 2.05 bits per heavy atom. The molecule has 0 saturated heterocycles. The number of aromatic nitrogens is 2. The van der Waals surface area contributed by atoms with E-state index in [0.29, 0.717) is 29.4 Å². The van der Waals surface area contributed by atoms with Crippen molar-refractivity contribution < 1.29 is 9.53 Å². The Kier molecular flexibility index (Phi) is 4.79. The Hall–Kier alpha value is -1.81. The van der Waals surface area contributed by atoms with Crippen molar-refractivity contribution in [2.75, 3.05) is 7.11 Å². The van der Waals surface area contributed by atoms with Crippen LogP contribution in [0.3, 0.4) is 0 Å². The Morgan fingerprint density at radius 3 is 2.65 bits per heavy atom. The fraction of sp³-hybridized carbons (Fsp3) is 0.333. The molecule has 2 aromatic rings. The maximum absolute atomic E-state index is 12.5. The second-order valence-corrected chi connectivity index (χ2v) is 4.95. The zero-order valence-corrected chi connectivity index (χ0v) is 12.4. The number of nitrogens with zero attached hydrogens (tertiary/aromatic N) is 2. The molecule has 2 rings (SSSR count). The number of ether oxygens (including phenoxy) is 1. The largest absolute Gasteiger partial charge is 0.493 e. The molecule has 1 aromatic heterocycles. The quantitative estimate of drug-likeness (QED) is 0.767. The summed E-state index contributed by atoms with van der Waals surface area (Å²) in [5.41, 5.74) is 1.45. The molecular weight excluding hydrogens is 276 g/mol. The standard InChI is InChI=1S/C15H17ClN2O2/c1-3-8-18-15(14(20-2)10-17-18)13(19)9-11-4-6-12(16)7-5-11/h4-7,10H,3,8-9H2,1-2H3. The lowest BCUT2D eigenvalue weighted by atomic mass is 10.1. The number of halogens is 1. The van der Waals surface area contributed by atoms with Gasteiger partial charge >= 0.3 is 0 Å². The molecule has 0 aliphatic carbocycles. The van der Waals surface area contributed by atoms with Crippen LogP contribution in [0.4, 0.5) is 0 Å². The van der Waals surface area contributed by atoms with Gasteiger partial charge in [0.25, 0.3) is 0 Å². The normalized spacial score (nSPS) is 10.6. The molecule has 0 N–H and O–H groups in total. The lowest BCUT2D eigenvalue weighted by molar-refractivity contribution is 0.0979. The van der Waals surface area contributed by atoms with Crippen molar-refractivity contribution in [1.82, 2.24) is 9.78 Å². The molecular formula is C15H17ClN2O2. The van der Waals surface area contributed by atoms with Gasteiger partial charge < -0.3 is 4.74 Å². The van der Waals surface area contributed by atoms with Crippen molar-refractivity contribution in [3.05, 3.63) is 46.7 Å². The van der Waals surface area contributed by atoms with Crippen molar-refractivity contribution in [1.29, 1.82) is 0 Å². The first-order chi connectivity index (χ1) is 9.65. The molecule has 20 heavy (non-hydrogen) atoms. The summed E-state index contributed by atoms with van der Waals surface area (Å²) in [4.78, 5) is 12.5. The number of hydrogen-bond acceptors (Lipinski definition) is 3. The number of carbonyl (C=O) groups excluding carboxylic acids is 1. The maximum Gasteiger partial charge on any atom is 0.189 e. The van der Waals surface area contributed by atoms with Crippen LogP contribution in [0.5, 0.6) is 5.75 Å². The van der Waals surface area contributed by atoms with Gasteiger partial charge in [0.1, 0.15) is 5.69 Å². The molecule has 0 fully saturated rings. The predicted molar refractivity (Wildman–Crippen MR) is 78.6 cm³/mol. The maximum atomic E-state index is 12.5. The van der Waals surface area contributed by atoms with Gasteiger partial charge in [-0.1, -0.05) is 30.7 Å². The topological polar surface area (TPSA) is 44.1 Å². The van der Waals surface area contributed by atoms with Gasteiger partial charge in [-0.2, -0.15) is 5.10 Å². The van der Waals surface area contributed by atoms with Crippen molar-refractivity contribution in [2.24, 2.45) is 0 Å². The zero-order chi connectivity index (χ0) is 14.5. The van der Waals surface area contributed by atoms with E-state index in [2.05, 4.69) is 5.10 Å². The van der Waals surface area contributed by atoms with E-state index >= 15 is 0 Å². The summed E-state index contributed by atoms with van der Waals surface area (Å²) in [6.07, 6.45) is 2.81. The lowest BCUT2D eigenvalue weighted by Crippen LogP contribution is -2.13. The summed E-state index contributed by atoms with van der Waals surface area (Å²) >= 11 is 5.84. The van der Waals surface area contributed by atoms with Crippen molar-refractivity contribution in [3.63, 3.8) is 0 Å². The molecule has 106 valence electrons. The molecule has 0 atom stereocenters. The van der Waals surface area contributed by atoms with Crippen molar-refractivity contribution in [3.8, 4) is 5.75 Å². The number of hydrogen-bond donors (Lipinski definition) is 0. The van der Waals surface area contributed by atoms with Crippen LogP contribution in [0.2, 0.25) is 5.02 Å². The second-order valence-electron chi connectivity index (χ2n) is 4.51. The van der Waals surface area contributed by atoms with Gasteiger partial charge in [0, 0.05) is 18.0 Å². The molecule has 1 aromatic carbocycles. The predicted octanol–water partition coefficient (Wildman–Crippen LogP) is 3.38. The van der Waals surface area contributed by atoms with Crippen LogP contribution in [0.15, 0.2) is 30.5 Å². The Bertz CT molecular complexity index is 590. The molecule has 0 aliphatic rings. The first-order valence-electron chi connectivity index (χ1n) is 6.53. The minimum Gasteiger partial charge on any atom is -0.493 e. The molecule has 0 bridgehead atoms. The Balaban J connectivity index is 2.23. The highest BCUT2D eigenvalue weighted by molar-refractivity contribution is 6.30. The molecule has 0 unspecified atom stereocenters. The summed E-state index contributed by atoms with van der Waals surface area (Å²) < 4.78 is 6.93. The first kappa shape index (κ1) is 14.6. The van der Waals surface area contributed by atoms with E-state index < -0.39 is 0 Å². The fourth-order valence-electron chi connectivity index (χ4n) is 2.05. The summed E-state index contributed by atoms with van der Waals surface area (Å²) in [5.74, 6) is 0.521. The Morgan fingerprint density at radius 1 is 1.35 bits per heavy atom. The zero-order valence-electron chi connectivity index (χ0n) is 11.6. The number of rotatable bonds is 6. The molecule has 0 aliphatic heterocycles. The summed E-state index contributed by atoms with van der Waals surface area (Å²) in [5, 5.41) is 4.87. The third-order valence-corrected chi connectivity index (χ3v) is 3.26. The van der Waals surface area contributed by atoms with E-state index in [1.54, 1.807) is 30.1 Å². The number of aryl methyl sites for hydroxylation is 1. The highest BCUT2D eigenvalue weighted by Crippen LogP contribution is 2.20. The third-order valence-electron chi connectivity index (χ3n) is 3.00. The molecule has 0 saturated carbocycles. The van der Waals surface area contributed by atoms with Crippen molar-refractivity contribution in [2.45, 2.75) is 26.3 Å². The Labute approximate surface area is 123 Å². The lowest BCUT2D eigenvalue weighted by Gasteiger charge is -2.07. The number of benzene rings is 1. The number of methoxy groups -OCH3 is 1. The number of ketones is 1. The second kappa shape index (κ2) is 6.57. The molecule has 0 radical (unpaired) electrons. The van der Waals surface area contributed by atoms with Crippen LogP contribution in [0.1, 0.15) is 29.4 Å². The van der Waals surface area contributed by atoms with Crippen LogP contribution in [0.25, 0.3) is 0 Å². The van der Waals surface area contributed by atoms with Crippen LogP contribution < -0.4 is 4.74 Å². The molecule has 1 heterocycles. The summed E-state index contributed by atoms with van der Waals surface area (Å²) in [6, 6.07) is 7.27. The van der Waals surface area contributed by atoms with E-state index in [1.807, 2.05) is 19.1 Å². The highest BCUT2D eigenvalue weighted by atomic mass is 35.5. The van der Waals surface area contributed by atoms with Gasteiger partial charge in [0.2, 0.25) is 0 Å². The van der Waals surface area contributed by atoms with E-state index in [-0.39, 0.29) is 5.78 Å². The van der Waals surface area contributed by atoms with E-state index in [1.165, 1.54) is 0 Å². The molecule has 0 spiro atoms. The average molecular weight is 293 g/mol. The highest BCUT2D eigenvalue weighted by Gasteiger charge is 2.19. The van der Waals surface area contributed by atoms with Crippen LogP contribution in [-0.4, -0.2) is 22.7 Å². The molecule has 5 heteroatoms. The van der Waals surface area contributed by atoms with Crippen molar-refractivity contribution >= 4 is 17.4 Å². The van der Waals surface area contributed by atoms with Crippen LogP contribution >= 0.6 is 11.6 Å². The van der Waals surface area contributed by atoms with Gasteiger partial charge in [0.05, 0.1) is 13.3 Å². The number of carbonyl (C=O) groups is 1. The minimum atomic E-state index is -0.00452. The minimum absolute atomic E-state index is 0.00452. The van der Waals surface area contributed by atoms with Crippen LogP contribution in [0, 0.1) is 0 Å². The first-order valence-corrected chi connectivity index (χ1v) is 6.91. The van der Waals surface area contributed by atoms with Gasteiger partial charge in [-0.05, 0) is 24.1 Å². The average Bonchev–Trinajstić information content (AvgIpc) is 2.85. The smallest absolute Gasteiger partial charge is 0.189 e. The summed E-state index contributed by atoms with van der Waals surface area (Å²) in [6.45, 7) is 2.74. The van der Waals surface area contributed by atoms with E-state index in [0.717, 1.165) is 12.0 Å². The van der Waals surface area contributed by atoms with E-state index in [9.17, 15) is 4.79 Å². The molecule has 0 amide bonds. The van der Waals surface area contributed by atoms with Gasteiger partial charge in [0.15, 0.2) is 11.5 Å². The van der Waals surface area contributed by atoms with E-state index in [4.69, 9.17) is 16.3 Å². The summed E-state index contributed by atoms with van der Waals surface area (Å²) in [7, 11) is 1.55. The SMILES string of the molecule is CCCn1ncc(OC)c1C(=O)Cc1ccc(Cl)cc1.